The third-order valence-corrected chi connectivity index (χ3v) is 7.20. The lowest BCUT2D eigenvalue weighted by atomic mass is 9.87. The van der Waals surface area contributed by atoms with E-state index in [2.05, 4.69) is 36.2 Å². The molecular formula is C30H30N8O2. The van der Waals surface area contributed by atoms with Crippen molar-refractivity contribution in [2.24, 2.45) is 7.05 Å². The van der Waals surface area contributed by atoms with E-state index in [1.807, 2.05) is 80.1 Å². The Morgan fingerprint density at radius 1 is 1.02 bits per heavy atom. The Balaban J connectivity index is 1.20. The number of anilines is 1. The lowest BCUT2D eigenvalue weighted by Gasteiger charge is -2.36. The maximum Gasteiger partial charge on any atom is 0.251 e. The summed E-state index contributed by atoms with van der Waals surface area (Å²) in [6.45, 7) is 2.00. The first-order valence-corrected chi connectivity index (χ1v) is 13.3. The fraction of sp³-hybridized carbons (Fsp3) is 0.233. The number of nitrogens with zero attached hydrogens (tertiary/aromatic N) is 5. The van der Waals surface area contributed by atoms with Gasteiger partial charge >= 0.3 is 0 Å². The zero-order chi connectivity index (χ0) is 27.4. The van der Waals surface area contributed by atoms with E-state index in [0.29, 0.717) is 23.9 Å². The van der Waals surface area contributed by atoms with Gasteiger partial charge in [-0.3, -0.25) is 14.5 Å². The van der Waals surface area contributed by atoms with Crippen LogP contribution >= 0.6 is 0 Å². The molecular weight excluding hydrogens is 504 g/mol. The van der Waals surface area contributed by atoms with E-state index >= 15 is 0 Å². The van der Waals surface area contributed by atoms with Gasteiger partial charge in [0, 0.05) is 54.6 Å². The van der Waals surface area contributed by atoms with Gasteiger partial charge in [0.25, 0.3) is 5.91 Å². The molecule has 3 aromatic heterocycles. The molecule has 0 spiro atoms. The van der Waals surface area contributed by atoms with Crippen LogP contribution in [0.5, 0.6) is 0 Å². The van der Waals surface area contributed by atoms with Crippen LogP contribution in [0.4, 0.5) is 5.69 Å². The fourth-order valence-electron chi connectivity index (χ4n) is 5.08. The standard InChI is InChI=1S/C30H30N8O2/c1-38-20-24(19-34-38)26-8-3-2-5-23(26)18-33-27(39)22-6-4-7-25(17-22)35-30(11-15-32-16-12-30)29-37-36-28(40-29)21-9-13-31-14-10-21/h2-10,13-14,17,19-20,32,35H,11-12,15-16,18H2,1H3,(H,33,39). The minimum atomic E-state index is -0.554. The average Bonchev–Trinajstić information content (AvgIpc) is 3.67. The molecule has 2 aromatic carbocycles. The van der Waals surface area contributed by atoms with Crippen molar-refractivity contribution in [1.29, 1.82) is 0 Å². The number of rotatable bonds is 8. The van der Waals surface area contributed by atoms with Crippen LogP contribution in [0.3, 0.4) is 0 Å². The molecule has 10 nitrogen and oxygen atoms in total. The van der Waals surface area contributed by atoms with Crippen molar-refractivity contribution in [3.63, 3.8) is 0 Å². The summed E-state index contributed by atoms with van der Waals surface area (Å²) in [5.41, 5.74) is 4.73. The van der Waals surface area contributed by atoms with Crippen LogP contribution < -0.4 is 16.0 Å². The van der Waals surface area contributed by atoms with Crippen molar-refractivity contribution in [1.82, 2.24) is 35.6 Å². The normalized spacial score (nSPS) is 14.5. The van der Waals surface area contributed by atoms with Crippen LogP contribution in [-0.4, -0.2) is 44.0 Å². The Bertz CT molecular complexity index is 1600. The molecule has 6 rings (SSSR count). The molecule has 0 atom stereocenters. The lowest BCUT2D eigenvalue weighted by molar-refractivity contribution is 0.0951. The first kappa shape index (κ1) is 25.4. The van der Waals surface area contributed by atoms with E-state index in [1.165, 1.54) is 0 Å². The molecule has 5 aromatic rings. The second-order valence-corrected chi connectivity index (χ2v) is 9.93. The smallest absolute Gasteiger partial charge is 0.251 e. The minimum absolute atomic E-state index is 0.151. The number of amides is 1. The fourth-order valence-corrected chi connectivity index (χ4v) is 5.08. The number of piperidine rings is 1. The zero-order valence-electron chi connectivity index (χ0n) is 22.2. The largest absolute Gasteiger partial charge is 0.418 e. The number of hydrogen-bond acceptors (Lipinski definition) is 8. The molecule has 202 valence electrons. The summed E-state index contributed by atoms with van der Waals surface area (Å²) in [6, 6.07) is 19.2. The third kappa shape index (κ3) is 5.34. The van der Waals surface area contributed by atoms with Crippen molar-refractivity contribution in [3.05, 3.63) is 102 Å². The van der Waals surface area contributed by atoms with E-state index in [1.54, 1.807) is 17.1 Å². The van der Waals surface area contributed by atoms with Gasteiger partial charge in [0.2, 0.25) is 11.8 Å². The molecule has 4 heterocycles. The number of hydrogen-bond donors (Lipinski definition) is 3. The van der Waals surface area contributed by atoms with Crippen LogP contribution in [0.25, 0.3) is 22.6 Å². The minimum Gasteiger partial charge on any atom is -0.418 e. The zero-order valence-corrected chi connectivity index (χ0v) is 22.2. The number of benzene rings is 2. The monoisotopic (exact) mass is 534 g/mol. The van der Waals surface area contributed by atoms with Gasteiger partial charge in [-0.05, 0) is 67.4 Å². The lowest BCUT2D eigenvalue weighted by Crippen LogP contribution is -2.45. The van der Waals surface area contributed by atoms with E-state index < -0.39 is 5.54 Å². The number of aromatic nitrogens is 5. The summed E-state index contributed by atoms with van der Waals surface area (Å²) in [4.78, 5) is 17.3. The van der Waals surface area contributed by atoms with Gasteiger partial charge in [0.15, 0.2) is 0 Å². The molecule has 0 saturated carbocycles. The molecule has 1 aliphatic rings. The Kier molecular flexibility index (Phi) is 7.07. The highest BCUT2D eigenvalue weighted by molar-refractivity contribution is 5.95. The number of pyridine rings is 1. The summed E-state index contributed by atoms with van der Waals surface area (Å²) < 4.78 is 7.94. The number of carbonyl (C=O) groups excluding carboxylic acids is 1. The second-order valence-electron chi connectivity index (χ2n) is 9.93. The van der Waals surface area contributed by atoms with Crippen LogP contribution in [0.2, 0.25) is 0 Å². The van der Waals surface area contributed by atoms with E-state index in [-0.39, 0.29) is 5.91 Å². The Hall–Kier alpha value is -4.83. The van der Waals surface area contributed by atoms with Gasteiger partial charge in [-0.2, -0.15) is 5.10 Å². The SMILES string of the molecule is Cn1cc(-c2ccccc2CNC(=O)c2cccc(NC3(c4nnc(-c5ccncc5)o4)CCNCC3)c2)cn1. The second kappa shape index (κ2) is 11.1. The summed E-state index contributed by atoms with van der Waals surface area (Å²) >= 11 is 0. The number of aryl methyl sites for hydroxylation is 1. The maximum atomic E-state index is 13.2. The van der Waals surface area contributed by atoms with Crippen molar-refractivity contribution < 1.29 is 9.21 Å². The van der Waals surface area contributed by atoms with Crippen LogP contribution in [0, 0.1) is 0 Å². The third-order valence-electron chi connectivity index (χ3n) is 7.20. The van der Waals surface area contributed by atoms with E-state index in [0.717, 1.165) is 53.9 Å². The molecule has 1 saturated heterocycles. The van der Waals surface area contributed by atoms with Crippen molar-refractivity contribution in [3.8, 4) is 22.6 Å². The quantitative estimate of drug-likeness (QED) is 0.271. The first-order valence-electron chi connectivity index (χ1n) is 13.3. The van der Waals surface area contributed by atoms with Crippen LogP contribution in [-0.2, 0) is 19.1 Å². The van der Waals surface area contributed by atoms with Crippen LogP contribution in [0.15, 0.2) is 89.9 Å². The summed E-state index contributed by atoms with van der Waals surface area (Å²) in [6.07, 6.45) is 8.71. The number of nitrogens with one attached hydrogen (secondary N) is 3. The first-order chi connectivity index (χ1) is 19.6. The van der Waals surface area contributed by atoms with Gasteiger partial charge in [-0.25, -0.2) is 0 Å². The summed E-state index contributed by atoms with van der Waals surface area (Å²) in [7, 11) is 1.89. The van der Waals surface area contributed by atoms with Gasteiger partial charge in [-0.15, -0.1) is 10.2 Å². The number of carbonyl (C=O) groups is 1. The highest BCUT2D eigenvalue weighted by Gasteiger charge is 2.39. The summed E-state index contributed by atoms with van der Waals surface area (Å²) in [5, 5.41) is 23.1. The molecule has 0 radical (unpaired) electrons. The molecule has 1 amide bonds. The predicted octanol–water partition coefficient (Wildman–Crippen LogP) is 4.15. The molecule has 3 N–H and O–H groups in total. The topological polar surface area (TPSA) is 123 Å². The highest BCUT2D eigenvalue weighted by atomic mass is 16.4. The van der Waals surface area contributed by atoms with Crippen molar-refractivity contribution in [2.75, 3.05) is 18.4 Å². The van der Waals surface area contributed by atoms with Gasteiger partial charge in [0.1, 0.15) is 5.54 Å². The van der Waals surface area contributed by atoms with E-state index in [9.17, 15) is 4.79 Å². The molecule has 40 heavy (non-hydrogen) atoms. The Morgan fingerprint density at radius 2 is 1.85 bits per heavy atom. The molecule has 1 fully saturated rings. The van der Waals surface area contributed by atoms with Gasteiger partial charge in [0.05, 0.1) is 6.20 Å². The molecule has 0 unspecified atom stereocenters. The van der Waals surface area contributed by atoms with Gasteiger partial charge < -0.3 is 20.4 Å². The molecule has 1 aliphatic heterocycles. The molecule has 10 heteroatoms. The predicted molar refractivity (Wildman–Crippen MR) is 151 cm³/mol. The van der Waals surface area contributed by atoms with Crippen LogP contribution in [0.1, 0.15) is 34.7 Å². The maximum absolute atomic E-state index is 13.2. The van der Waals surface area contributed by atoms with Crippen molar-refractivity contribution in [2.45, 2.75) is 24.9 Å². The Labute approximate surface area is 231 Å². The van der Waals surface area contributed by atoms with Crippen molar-refractivity contribution >= 4 is 11.6 Å². The summed E-state index contributed by atoms with van der Waals surface area (Å²) in [5.74, 6) is 0.834. The Morgan fingerprint density at radius 3 is 2.65 bits per heavy atom. The van der Waals surface area contributed by atoms with Gasteiger partial charge in [-0.1, -0.05) is 30.3 Å². The highest BCUT2D eigenvalue weighted by Crippen LogP contribution is 2.35. The van der Waals surface area contributed by atoms with E-state index in [4.69, 9.17) is 4.42 Å². The molecule has 0 aliphatic carbocycles. The molecule has 0 bridgehead atoms. The average molecular weight is 535 g/mol.